The third-order valence-corrected chi connectivity index (χ3v) is 3.28. The molecule has 0 amide bonds. The number of para-hydroxylation sites is 1. The van der Waals surface area contributed by atoms with Crippen molar-refractivity contribution in [3.63, 3.8) is 0 Å². The van der Waals surface area contributed by atoms with Crippen LogP contribution in [0.1, 0.15) is 16.7 Å². The zero-order valence-electron chi connectivity index (χ0n) is 11.4. The Labute approximate surface area is 113 Å². The molecule has 2 aromatic carbocycles. The van der Waals surface area contributed by atoms with Crippen LogP contribution in [0.4, 0.5) is 10.1 Å². The first-order valence-corrected chi connectivity index (χ1v) is 6.36. The van der Waals surface area contributed by atoms with Gasteiger partial charge >= 0.3 is 0 Å². The second kappa shape index (κ2) is 5.85. The predicted octanol–water partition coefficient (Wildman–Crippen LogP) is 3.23. The van der Waals surface area contributed by atoms with Gasteiger partial charge in [0.25, 0.3) is 0 Å². The van der Waals surface area contributed by atoms with E-state index in [1.54, 1.807) is 6.07 Å². The van der Waals surface area contributed by atoms with E-state index < -0.39 is 0 Å². The molecule has 2 rings (SSSR count). The van der Waals surface area contributed by atoms with Crippen molar-refractivity contribution in [2.45, 2.75) is 20.0 Å². The van der Waals surface area contributed by atoms with E-state index in [0.717, 1.165) is 11.3 Å². The van der Waals surface area contributed by atoms with Gasteiger partial charge in [-0.2, -0.15) is 0 Å². The van der Waals surface area contributed by atoms with Crippen LogP contribution in [-0.4, -0.2) is 7.05 Å². The molecule has 0 saturated heterocycles. The molecule has 0 aliphatic heterocycles. The standard InChI is InChI=1S/C16H19FN2/c1-12-5-3-4-6-16(12)19(2)11-14-9-13(10-18)7-8-15(14)17/h3-9H,10-11,18H2,1-2H3. The molecular formula is C16H19FN2. The SMILES string of the molecule is Cc1ccccc1N(C)Cc1cc(CN)ccc1F. The first-order valence-electron chi connectivity index (χ1n) is 6.36. The Bertz CT molecular complexity index is 566. The van der Waals surface area contributed by atoms with E-state index in [0.29, 0.717) is 18.7 Å². The third-order valence-electron chi connectivity index (χ3n) is 3.28. The minimum atomic E-state index is -0.183. The van der Waals surface area contributed by atoms with Crippen molar-refractivity contribution in [1.82, 2.24) is 0 Å². The number of benzene rings is 2. The molecule has 19 heavy (non-hydrogen) atoms. The predicted molar refractivity (Wildman–Crippen MR) is 77.6 cm³/mol. The average Bonchev–Trinajstić information content (AvgIpc) is 2.41. The molecule has 0 heterocycles. The van der Waals surface area contributed by atoms with Crippen molar-refractivity contribution in [2.24, 2.45) is 5.73 Å². The maximum atomic E-state index is 13.8. The highest BCUT2D eigenvalue weighted by molar-refractivity contribution is 5.52. The van der Waals surface area contributed by atoms with Crippen LogP contribution in [0.25, 0.3) is 0 Å². The molecule has 0 atom stereocenters. The summed E-state index contributed by atoms with van der Waals surface area (Å²) < 4.78 is 13.8. The maximum Gasteiger partial charge on any atom is 0.128 e. The van der Waals surface area contributed by atoms with Crippen molar-refractivity contribution in [1.29, 1.82) is 0 Å². The van der Waals surface area contributed by atoms with Crippen molar-refractivity contribution in [3.8, 4) is 0 Å². The summed E-state index contributed by atoms with van der Waals surface area (Å²) in [6.45, 7) is 3.02. The van der Waals surface area contributed by atoms with Crippen LogP contribution >= 0.6 is 0 Å². The second-order valence-corrected chi connectivity index (χ2v) is 4.77. The number of hydrogen-bond acceptors (Lipinski definition) is 2. The summed E-state index contributed by atoms with van der Waals surface area (Å²) in [5.41, 5.74) is 9.52. The van der Waals surface area contributed by atoms with Crippen LogP contribution in [0.2, 0.25) is 0 Å². The number of hydrogen-bond donors (Lipinski definition) is 1. The second-order valence-electron chi connectivity index (χ2n) is 4.77. The smallest absolute Gasteiger partial charge is 0.128 e. The van der Waals surface area contributed by atoms with E-state index >= 15 is 0 Å². The molecular weight excluding hydrogens is 239 g/mol. The zero-order chi connectivity index (χ0) is 13.8. The molecule has 100 valence electrons. The number of anilines is 1. The summed E-state index contributed by atoms with van der Waals surface area (Å²) in [6, 6.07) is 13.1. The molecule has 0 fully saturated rings. The topological polar surface area (TPSA) is 29.3 Å². The highest BCUT2D eigenvalue weighted by Gasteiger charge is 2.09. The summed E-state index contributed by atoms with van der Waals surface area (Å²) in [6.07, 6.45) is 0. The Morgan fingerprint density at radius 1 is 1.16 bits per heavy atom. The van der Waals surface area contributed by atoms with Crippen molar-refractivity contribution in [2.75, 3.05) is 11.9 Å². The number of aryl methyl sites for hydroxylation is 1. The third kappa shape index (κ3) is 3.12. The lowest BCUT2D eigenvalue weighted by Crippen LogP contribution is -2.18. The van der Waals surface area contributed by atoms with Gasteiger partial charge in [-0.25, -0.2) is 4.39 Å². The molecule has 0 unspecified atom stereocenters. The summed E-state index contributed by atoms with van der Waals surface area (Å²) in [5, 5.41) is 0. The first kappa shape index (κ1) is 13.6. The van der Waals surface area contributed by atoms with Gasteiger partial charge in [-0.05, 0) is 36.2 Å². The largest absolute Gasteiger partial charge is 0.370 e. The Balaban J connectivity index is 2.24. The van der Waals surface area contributed by atoms with Gasteiger partial charge in [-0.15, -0.1) is 0 Å². The van der Waals surface area contributed by atoms with Gasteiger partial charge < -0.3 is 10.6 Å². The summed E-state index contributed by atoms with van der Waals surface area (Å²) in [4.78, 5) is 2.05. The Morgan fingerprint density at radius 3 is 2.58 bits per heavy atom. The molecule has 0 saturated carbocycles. The molecule has 2 nitrogen and oxygen atoms in total. The van der Waals surface area contributed by atoms with Gasteiger partial charge in [-0.3, -0.25) is 0 Å². The molecule has 0 aliphatic carbocycles. The van der Waals surface area contributed by atoms with Crippen molar-refractivity contribution in [3.05, 3.63) is 65.0 Å². The normalized spacial score (nSPS) is 10.5. The summed E-state index contributed by atoms with van der Waals surface area (Å²) in [5.74, 6) is -0.183. The quantitative estimate of drug-likeness (QED) is 0.912. The lowest BCUT2D eigenvalue weighted by atomic mass is 10.1. The molecule has 0 spiro atoms. The Hall–Kier alpha value is -1.87. The molecule has 2 N–H and O–H groups in total. The van der Waals surface area contributed by atoms with Crippen LogP contribution in [0.15, 0.2) is 42.5 Å². The van der Waals surface area contributed by atoms with E-state index in [2.05, 4.69) is 13.0 Å². The highest BCUT2D eigenvalue weighted by Crippen LogP contribution is 2.21. The van der Waals surface area contributed by atoms with Crippen LogP contribution in [-0.2, 0) is 13.1 Å². The Kier molecular flexibility index (Phi) is 4.17. The number of nitrogens with two attached hydrogens (primary N) is 1. The van der Waals surface area contributed by atoms with Crippen LogP contribution in [0, 0.1) is 12.7 Å². The fraction of sp³-hybridized carbons (Fsp3) is 0.250. The zero-order valence-corrected chi connectivity index (χ0v) is 11.4. The highest BCUT2D eigenvalue weighted by atomic mass is 19.1. The van der Waals surface area contributed by atoms with Gasteiger partial charge in [0, 0.05) is 31.4 Å². The molecule has 0 aromatic heterocycles. The lowest BCUT2D eigenvalue weighted by molar-refractivity contribution is 0.606. The average molecular weight is 258 g/mol. The molecule has 2 aromatic rings. The van der Waals surface area contributed by atoms with E-state index in [4.69, 9.17) is 5.73 Å². The van der Waals surface area contributed by atoms with Gasteiger partial charge in [0.05, 0.1) is 0 Å². The first-order chi connectivity index (χ1) is 9.11. The monoisotopic (exact) mass is 258 g/mol. The van der Waals surface area contributed by atoms with Gasteiger partial charge in [-0.1, -0.05) is 24.3 Å². The molecule has 0 radical (unpaired) electrons. The minimum absolute atomic E-state index is 0.183. The lowest BCUT2D eigenvalue weighted by Gasteiger charge is -2.22. The number of halogens is 1. The van der Waals surface area contributed by atoms with Crippen LogP contribution in [0.3, 0.4) is 0 Å². The fourth-order valence-electron chi connectivity index (χ4n) is 2.21. The van der Waals surface area contributed by atoms with Gasteiger partial charge in [0.2, 0.25) is 0 Å². The fourth-order valence-corrected chi connectivity index (χ4v) is 2.21. The molecule has 0 bridgehead atoms. The summed E-state index contributed by atoms with van der Waals surface area (Å²) in [7, 11) is 1.97. The number of nitrogens with zero attached hydrogens (tertiary/aromatic N) is 1. The van der Waals surface area contributed by atoms with Crippen molar-refractivity contribution >= 4 is 5.69 Å². The van der Waals surface area contributed by atoms with E-state index in [1.165, 1.54) is 11.6 Å². The van der Waals surface area contributed by atoms with Crippen LogP contribution < -0.4 is 10.6 Å². The molecule has 3 heteroatoms. The van der Waals surface area contributed by atoms with E-state index in [9.17, 15) is 4.39 Å². The van der Waals surface area contributed by atoms with Crippen LogP contribution in [0.5, 0.6) is 0 Å². The van der Waals surface area contributed by atoms with E-state index in [1.807, 2.05) is 36.2 Å². The van der Waals surface area contributed by atoms with Gasteiger partial charge in [0.1, 0.15) is 5.82 Å². The van der Waals surface area contributed by atoms with Crippen molar-refractivity contribution < 1.29 is 4.39 Å². The van der Waals surface area contributed by atoms with E-state index in [-0.39, 0.29) is 5.82 Å². The maximum absolute atomic E-state index is 13.8. The number of rotatable bonds is 4. The molecule has 0 aliphatic rings. The minimum Gasteiger partial charge on any atom is -0.370 e. The van der Waals surface area contributed by atoms with Gasteiger partial charge in [0.15, 0.2) is 0 Å². The summed E-state index contributed by atoms with van der Waals surface area (Å²) >= 11 is 0. The Morgan fingerprint density at radius 2 is 1.89 bits per heavy atom.